The summed E-state index contributed by atoms with van der Waals surface area (Å²) >= 11 is 0. The molecule has 7 heteroatoms. The summed E-state index contributed by atoms with van der Waals surface area (Å²) in [4.78, 5) is 26.9. The Morgan fingerprint density at radius 3 is 2.44 bits per heavy atom. The smallest absolute Gasteiger partial charge is 0.251 e. The minimum Gasteiger partial charge on any atom is -0.494 e. The first-order valence-corrected chi connectivity index (χ1v) is 8.50. The second-order valence-electron chi connectivity index (χ2n) is 6.49. The lowest BCUT2D eigenvalue weighted by atomic mass is 10.0. The number of hydrogen-bond donors (Lipinski definition) is 2. The van der Waals surface area contributed by atoms with Crippen LogP contribution in [0.5, 0.6) is 5.75 Å². The lowest BCUT2D eigenvalue weighted by Crippen LogP contribution is -2.51. The van der Waals surface area contributed by atoms with Gasteiger partial charge in [0.25, 0.3) is 5.91 Å². The molecule has 1 heterocycles. The maximum absolute atomic E-state index is 12.7. The van der Waals surface area contributed by atoms with Crippen LogP contribution in [0.2, 0.25) is 0 Å². The largest absolute Gasteiger partial charge is 0.494 e. The molecule has 1 aromatic rings. The highest BCUT2D eigenvalue weighted by Crippen LogP contribution is 2.15. The summed E-state index contributed by atoms with van der Waals surface area (Å²) in [5.74, 6) is 0.406. The van der Waals surface area contributed by atoms with Crippen molar-refractivity contribution in [3.63, 3.8) is 0 Å². The number of carbonyl (C=O) groups excluding carboxylic acids is 2. The molecule has 0 aromatic heterocycles. The van der Waals surface area contributed by atoms with Crippen molar-refractivity contribution in [1.82, 2.24) is 10.2 Å². The maximum atomic E-state index is 12.7. The molecule has 1 unspecified atom stereocenters. The third-order valence-electron chi connectivity index (χ3n) is 4.18. The van der Waals surface area contributed by atoms with Crippen LogP contribution in [0.3, 0.4) is 0 Å². The lowest BCUT2D eigenvalue weighted by Gasteiger charge is -2.26. The van der Waals surface area contributed by atoms with Crippen molar-refractivity contribution in [3.8, 4) is 5.75 Å². The Balaban J connectivity index is 0.00000312. The topological polar surface area (TPSA) is 84.7 Å². The van der Waals surface area contributed by atoms with Gasteiger partial charge in [0, 0.05) is 24.7 Å². The number of rotatable bonds is 6. The van der Waals surface area contributed by atoms with Crippen LogP contribution in [-0.2, 0) is 4.79 Å². The minimum absolute atomic E-state index is 0. The van der Waals surface area contributed by atoms with Crippen LogP contribution in [0.1, 0.15) is 37.6 Å². The van der Waals surface area contributed by atoms with Crippen LogP contribution in [0.25, 0.3) is 0 Å². The van der Waals surface area contributed by atoms with E-state index < -0.39 is 6.04 Å². The third kappa shape index (κ3) is 5.61. The zero-order chi connectivity index (χ0) is 17.7. The monoisotopic (exact) mass is 369 g/mol. The van der Waals surface area contributed by atoms with E-state index in [9.17, 15) is 9.59 Å². The van der Waals surface area contributed by atoms with Gasteiger partial charge >= 0.3 is 0 Å². The zero-order valence-corrected chi connectivity index (χ0v) is 15.8. The number of nitrogens with zero attached hydrogens (tertiary/aromatic N) is 1. The fraction of sp³-hybridized carbons (Fsp3) is 0.556. The van der Waals surface area contributed by atoms with Crippen LogP contribution >= 0.6 is 12.4 Å². The van der Waals surface area contributed by atoms with Crippen LogP contribution in [-0.4, -0.2) is 48.5 Å². The molecule has 1 aliphatic heterocycles. The average Bonchev–Trinajstić information content (AvgIpc) is 2.99. The predicted octanol–water partition coefficient (Wildman–Crippen LogP) is 1.82. The second kappa shape index (κ2) is 9.63. The number of nitrogens with one attached hydrogen (secondary N) is 1. The van der Waals surface area contributed by atoms with Gasteiger partial charge in [0.05, 0.1) is 6.61 Å². The highest BCUT2D eigenvalue weighted by atomic mass is 35.5. The number of carbonyl (C=O) groups is 2. The van der Waals surface area contributed by atoms with Crippen molar-refractivity contribution in [1.29, 1.82) is 0 Å². The molecule has 2 rings (SSSR count). The Kier molecular flexibility index (Phi) is 8.19. The molecule has 2 atom stereocenters. The van der Waals surface area contributed by atoms with E-state index in [4.69, 9.17) is 10.5 Å². The van der Waals surface area contributed by atoms with E-state index in [0.29, 0.717) is 25.3 Å². The van der Waals surface area contributed by atoms with Gasteiger partial charge in [0.15, 0.2) is 0 Å². The van der Waals surface area contributed by atoms with Crippen molar-refractivity contribution in [3.05, 3.63) is 29.8 Å². The van der Waals surface area contributed by atoms with Crippen molar-refractivity contribution in [2.75, 3.05) is 19.7 Å². The van der Waals surface area contributed by atoms with Gasteiger partial charge in [-0.05, 0) is 43.5 Å². The van der Waals surface area contributed by atoms with Crippen molar-refractivity contribution in [2.45, 2.75) is 39.3 Å². The average molecular weight is 370 g/mol. The molecule has 0 saturated carbocycles. The molecule has 1 saturated heterocycles. The van der Waals surface area contributed by atoms with Crippen LogP contribution in [0, 0.1) is 5.92 Å². The molecule has 6 nitrogen and oxygen atoms in total. The first-order valence-electron chi connectivity index (χ1n) is 8.50. The zero-order valence-electron chi connectivity index (χ0n) is 15.0. The molecule has 3 N–H and O–H groups in total. The molecule has 0 spiro atoms. The molecule has 140 valence electrons. The standard InChI is InChI=1S/C18H27N3O3.ClH/c1-4-24-15-7-5-13(6-8-15)17(22)20-16(12(2)3)18(23)21-10-9-14(19)11-21;/h5-8,12,14,16H,4,9-11,19H2,1-3H3,(H,20,22);1H/t14-,16?;/m1./s1. The van der Waals surface area contributed by atoms with Crippen molar-refractivity contribution >= 4 is 24.2 Å². The van der Waals surface area contributed by atoms with Crippen LogP contribution < -0.4 is 15.8 Å². The van der Waals surface area contributed by atoms with E-state index in [-0.39, 0.29) is 36.2 Å². The van der Waals surface area contributed by atoms with E-state index in [1.54, 1.807) is 29.2 Å². The van der Waals surface area contributed by atoms with Gasteiger partial charge in [-0.25, -0.2) is 0 Å². The normalized spacial score (nSPS) is 17.8. The van der Waals surface area contributed by atoms with Crippen molar-refractivity contribution in [2.24, 2.45) is 11.7 Å². The van der Waals surface area contributed by atoms with E-state index >= 15 is 0 Å². The fourth-order valence-electron chi connectivity index (χ4n) is 2.79. The molecule has 1 fully saturated rings. The molecule has 1 aliphatic rings. The third-order valence-corrected chi connectivity index (χ3v) is 4.18. The number of hydrogen-bond acceptors (Lipinski definition) is 4. The maximum Gasteiger partial charge on any atom is 0.251 e. The molecule has 0 aliphatic carbocycles. The summed E-state index contributed by atoms with van der Waals surface area (Å²) in [5.41, 5.74) is 6.39. The van der Waals surface area contributed by atoms with E-state index in [1.165, 1.54) is 0 Å². The Hall–Kier alpha value is -1.79. The molecular formula is C18H28ClN3O3. The SMILES string of the molecule is CCOc1ccc(C(=O)NC(C(=O)N2CC[C@@H](N)C2)C(C)C)cc1.Cl. The van der Waals surface area contributed by atoms with E-state index in [0.717, 1.165) is 12.2 Å². The summed E-state index contributed by atoms with van der Waals surface area (Å²) in [6, 6.07) is 6.40. The summed E-state index contributed by atoms with van der Waals surface area (Å²) in [6.45, 7) is 7.55. The summed E-state index contributed by atoms with van der Waals surface area (Å²) in [6.07, 6.45) is 0.809. The van der Waals surface area contributed by atoms with Gasteiger partial charge in [-0.1, -0.05) is 13.8 Å². The molecular weight excluding hydrogens is 342 g/mol. The van der Waals surface area contributed by atoms with Crippen molar-refractivity contribution < 1.29 is 14.3 Å². The van der Waals surface area contributed by atoms with Gasteiger partial charge in [-0.3, -0.25) is 9.59 Å². The first kappa shape index (κ1) is 21.3. The summed E-state index contributed by atoms with van der Waals surface area (Å²) in [7, 11) is 0. The predicted molar refractivity (Wildman–Crippen MR) is 100 cm³/mol. The number of likely N-dealkylation sites (tertiary alicyclic amines) is 1. The quantitative estimate of drug-likeness (QED) is 0.801. The number of halogens is 1. The molecule has 0 radical (unpaired) electrons. The highest BCUT2D eigenvalue weighted by molar-refractivity contribution is 5.97. The van der Waals surface area contributed by atoms with Crippen LogP contribution in [0.15, 0.2) is 24.3 Å². The minimum atomic E-state index is -0.547. The molecule has 25 heavy (non-hydrogen) atoms. The number of nitrogens with two attached hydrogens (primary N) is 1. The summed E-state index contributed by atoms with van der Waals surface area (Å²) < 4.78 is 5.37. The number of benzene rings is 1. The van der Waals surface area contributed by atoms with Crippen LogP contribution in [0.4, 0.5) is 0 Å². The van der Waals surface area contributed by atoms with Gasteiger partial charge in [0.2, 0.25) is 5.91 Å². The Bertz CT molecular complexity index is 577. The fourth-order valence-corrected chi connectivity index (χ4v) is 2.79. The Morgan fingerprint density at radius 2 is 1.96 bits per heavy atom. The molecule has 1 aromatic carbocycles. The van der Waals surface area contributed by atoms with Gasteiger partial charge in [0.1, 0.15) is 11.8 Å². The molecule has 2 amide bonds. The number of amides is 2. The Morgan fingerprint density at radius 1 is 1.32 bits per heavy atom. The van der Waals surface area contributed by atoms with Gasteiger partial charge in [-0.2, -0.15) is 0 Å². The van der Waals surface area contributed by atoms with E-state index in [2.05, 4.69) is 5.32 Å². The lowest BCUT2D eigenvalue weighted by molar-refractivity contribution is -0.133. The Labute approximate surface area is 155 Å². The highest BCUT2D eigenvalue weighted by Gasteiger charge is 2.32. The summed E-state index contributed by atoms with van der Waals surface area (Å²) in [5, 5.41) is 2.86. The second-order valence-corrected chi connectivity index (χ2v) is 6.49. The first-order chi connectivity index (χ1) is 11.4. The van der Waals surface area contributed by atoms with Gasteiger partial charge in [-0.15, -0.1) is 12.4 Å². The molecule has 0 bridgehead atoms. The van der Waals surface area contributed by atoms with Gasteiger partial charge < -0.3 is 20.7 Å². The number of ether oxygens (including phenoxy) is 1. The van der Waals surface area contributed by atoms with E-state index in [1.807, 2.05) is 20.8 Å².